The summed E-state index contributed by atoms with van der Waals surface area (Å²) in [5, 5.41) is 10.3. The van der Waals surface area contributed by atoms with E-state index in [4.69, 9.17) is 34.8 Å². The maximum atomic E-state index is 9.57. The normalized spacial score (nSPS) is 12.7. The summed E-state index contributed by atoms with van der Waals surface area (Å²) in [6, 6.07) is 1.68. The number of unbranched alkanes of at least 4 members (excludes halogenated alkanes) is 2. The molecule has 19 heavy (non-hydrogen) atoms. The van der Waals surface area contributed by atoms with Gasteiger partial charge in [0.15, 0.2) is 5.75 Å². The van der Waals surface area contributed by atoms with Crippen LogP contribution in [0.1, 0.15) is 39.5 Å². The van der Waals surface area contributed by atoms with Gasteiger partial charge in [-0.15, -0.1) is 11.8 Å². The molecular formula is C14H19Cl3OS. The minimum absolute atomic E-state index is 0.135. The highest BCUT2D eigenvalue weighted by atomic mass is 35.5. The lowest BCUT2D eigenvalue weighted by molar-refractivity contribution is 0.475. The Morgan fingerprint density at radius 2 is 1.89 bits per heavy atom. The van der Waals surface area contributed by atoms with Crippen LogP contribution in [0.5, 0.6) is 5.75 Å². The molecule has 1 unspecified atom stereocenters. The third kappa shape index (κ3) is 5.26. The van der Waals surface area contributed by atoms with Crippen LogP contribution in [0.3, 0.4) is 0 Å². The molecule has 0 fully saturated rings. The van der Waals surface area contributed by atoms with E-state index in [9.17, 15) is 5.11 Å². The van der Waals surface area contributed by atoms with Crippen molar-refractivity contribution < 1.29 is 5.11 Å². The number of benzene rings is 1. The number of halogens is 3. The minimum atomic E-state index is -0.145. The number of hydrogen-bond acceptors (Lipinski definition) is 2. The van der Waals surface area contributed by atoms with E-state index in [1.807, 2.05) is 0 Å². The van der Waals surface area contributed by atoms with E-state index in [1.54, 1.807) is 17.8 Å². The average molecular weight is 342 g/mol. The van der Waals surface area contributed by atoms with Crippen LogP contribution in [0.25, 0.3) is 0 Å². The van der Waals surface area contributed by atoms with Crippen molar-refractivity contribution in [1.82, 2.24) is 0 Å². The Balaban J connectivity index is 2.58. The van der Waals surface area contributed by atoms with E-state index >= 15 is 0 Å². The van der Waals surface area contributed by atoms with Crippen molar-refractivity contribution >= 4 is 46.6 Å². The van der Waals surface area contributed by atoms with Crippen LogP contribution in [0.4, 0.5) is 0 Å². The molecule has 0 aromatic heterocycles. The Kier molecular flexibility index (Phi) is 7.74. The van der Waals surface area contributed by atoms with Crippen molar-refractivity contribution in [3.8, 4) is 5.75 Å². The predicted molar refractivity (Wildman–Crippen MR) is 87.2 cm³/mol. The minimum Gasteiger partial charge on any atom is -0.505 e. The highest BCUT2D eigenvalue weighted by Crippen LogP contribution is 2.43. The molecular weight excluding hydrogens is 323 g/mol. The van der Waals surface area contributed by atoms with Gasteiger partial charge < -0.3 is 5.11 Å². The first-order valence-corrected chi connectivity index (χ1v) is 8.58. The number of rotatable bonds is 7. The van der Waals surface area contributed by atoms with Crippen molar-refractivity contribution in [2.24, 2.45) is 5.92 Å². The van der Waals surface area contributed by atoms with Crippen LogP contribution in [-0.4, -0.2) is 10.9 Å². The summed E-state index contributed by atoms with van der Waals surface area (Å²) in [7, 11) is 0. The molecule has 1 atom stereocenters. The maximum absolute atomic E-state index is 9.57. The Morgan fingerprint density at radius 1 is 1.21 bits per heavy atom. The summed E-state index contributed by atoms with van der Waals surface area (Å²) < 4.78 is 0. The van der Waals surface area contributed by atoms with E-state index in [-0.39, 0.29) is 15.8 Å². The number of phenolic OH excluding ortho intramolecular Hbond substituents is 1. The van der Waals surface area contributed by atoms with Gasteiger partial charge in [0.1, 0.15) is 5.02 Å². The summed E-state index contributed by atoms with van der Waals surface area (Å²) in [5.74, 6) is 1.45. The molecule has 5 heteroatoms. The SMILES string of the molecule is CCCCCC(C)CSc1cc(Cl)c(O)c(Cl)c1Cl. The van der Waals surface area contributed by atoms with Crippen LogP contribution >= 0.6 is 46.6 Å². The molecule has 1 N–H and O–H groups in total. The van der Waals surface area contributed by atoms with Gasteiger partial charge in [0.2, 0.25) is 0 Å². The molecule has 1 aromatic rings. The van der Waals surface area contributed by atoms with Crippen LogP contribution < -0.4 is 0 Å². The van der Waals surface area contributed by atoms with E-state index in [0.717, 1.165) is 10.6 Å². The van der Waals surface area contributed by atoms with E-state index in [0.29, 0.717) is 10.9 Å². The molecule has 0 amide bonds. The zero-order valence-corrected chi connectivity index (χ0v) is 14.3. The lowest BCUT2D eigenvalue weighted by Gasteiger charge is -2.13. The van der Waals surface area contributed by atoms with E-state index < -0.39 is 0 Å². The fourth-order valence-electron chi connectivity index (χ4n) is 1.73. The molecule has 0 saturated heterocycles. The van der Waals surface area contributed by atoms with Gasteiger partial charge in [-0.2, -0.15) is 0 Å². The second-order valence-electron chi connectivity index (χ2n) is 4.75. The second kappa shape index (κ2) is 8.51. The number of hydrogen-bond donors (Lipinski definition) is 1. The fourth-order valence-corrected chi connectivity index (χ4v) is 3.67. The highest BCUT2D eigenvalue weighted by molar-refractivity contribution is 7.99. The lowest BCUT2D eigenvalue weighted by atomic mass is 10.1. The van der Waals surface area contributed by atoms with Crippen molar-refractivity contribution in [3.05, 3.63) is 21.1 Å². The molecule has 0 heterocycles. The van der Waals surface area contributed by atoms with Crippen LogP contribution in [0.15, 0.2) is 11.0 Å². The van der Waals surface area contributed by atoms with Crippen LogP contribution in [-0.2, 0) is 0 Å². The van der Waals surface area contributed by atoms with Gasteiger partial charge in [0.25, 0.3) is 0 Å². The van der Waals surface area contributed by atoms with Crippen molar-refractivity contribution in [2.45, 2.75) is 44.4 Å². The first kappa shape index (κ1) is 17.3. The molecule has 0 spiro atoms. The van der Waals surface area contributed by atoms with Crippen molar-refractivity contribution in [3.63, 3.8) is 0 Å². The molecule has 0 aliphatic heterocycles. The number of aromatic hydroxyl groups is 1. The van der Waals surface area contributed by atoms with Crippen molar-refractivity contribution in [2.75, 3.05) is 5.75 Å². The van der Waals surface area contributed by atoms with Gasteiger partial charge >= 0.3 is 0 Å². The van der Waals surface area contributed by atoms with Gasteiger partial charge in [-0.3, -0.25) is 0 Å². The van der Waals surface area contributed by atoms with Gasteiger partial charge in [0, 0.05) is 10.6 Å². The number of thioether (sulfide) groups is 1. The number of phenols is 1. The van der Waals surface area contributed by atoms with E-state index in [1.165, 1.54) is 25.7 Å². The van der Waals surface area contributed by atoms with E-state index in [2.05, 4.69) is 13.8 Å². The van der Waals surface area contributed by atoms with Gasteiger partial charge in [0.05, 0.1) is 10.0 Å². The van der Waals surface area contributed by atoms with Crippen molar-refractivity contribution in [1.29, 1.82) is 0 Å². The zero-order valence-electron chi connectivity index (χ0n) is 11.2. The quantitative estimate of drug-likeness (QED) is 0.340. The molecule has 0 radical (unpaired) electrons. The van der Waals surface area contributed by atoms with Crippen LogP contribution in [0.2, 0.25) is 15.1 Å². The summed E-state index contributed by atoms with van der Waals surface area (Å²) in [6.45, 7) is 4.44. The Bertz CT molecular complexity index is 424. The molecule has 1 nitrogen and oxygen atoms in total. The summed E-state index contributed by atoms with van der Waals surface area (Å²) >= 11 is 19.6. The van der Waals surface area contributed by atoms with Crippen LogP contribution in [0, 0.1) is 5.92 Å². The first-order valence-electron chi connectivity index (χ1n) is 6.46. The molecule has 0 aliphatic carbocycles. The summed E-state index contributed by atoms with van der Waals surface area (Å²) in [5.41, 5.74) is 0. The zero-order chi connectivity index (χ0) is 14.4. The highest BCUT2D eigenvalue weighted by Gasteiger charge is 2.15. The van der Waals surface area contributed by atoms with Gasteiger partial charge in [-0.1, -0.05) is 67.9 Å². The average Bonchev–Trinajstić information content (AvgIpc) is 2.39. The summed E-state index contributed by atoms with van der Waals surface area (Å²) in [6.07, 6.45) is 5.02. The third-order valence-electron chi connectivity index (χ3n) is 2.92. The fraction of sp³-hybridized carbons (Fsp3) is 0.571. The smallest absolute Gasteiger partial charge is 0.154 e. The monoisotopic (exact) mass is 340 g/mol. The molecule has 0 bridgehead atoms. The Morgan fingerprint density at radius 3 is 2.53 bits per heavy atom. The third-order valence-corrected chi connectivity index (χ3v) is 5.55. The maximum Gasteiger partial charge on any atom is 0.154 e. The Hall–Kier alpha value is 0.240. The molecule has 1 aromatic carbocycles. The standard InChI is InChI=1S/C14H19Cl3OS/c1-3-4-5-6-9(2)8-19-11-7-10(15)14(18)13(17)12(11)16/h7,9,18H,3-6,8H2,1-2H3. The summed E-state index contributed by atoms with van der Waals surface area (Å²) in [4.78, 5) is 0.830. The topological polar surface area (TPSA) is 20.2 Å². The second-order valence-corrected chi connectivity index (χ2v) is 6.97. The van der Waals surface area contributed by atoms with Gasteiger partial charge in [-0.25, -0.2) is 0 Å². The predicted octanol–water partition coefficient (Wildman–Crippen LogP) is 6.66. The molecule has 0 saturated carbocycles. The first-order chi connectivity index (χ1) is 8.97. The molecule has 1 rings (SSSR count). The Labute approximate surface area is 134 Å². The van der Waals surface area contributed by atoms with Gasteiger partial charge in [-0.05, 0) is 18.4 Å². The molecule has 0 aliphatic rings. The largest absolute Gasteiger partial charge is 0.505 e. The lowest BCUT2D eigenvalue weighted by Crippen LogP contribution is -1.98. The molecule has 108 valence electrons.